The van der Waals surface area contributed by atoms with Crippen molar-refractivity contribution in [2.45, 2.75) is 6.42 Å². The van der Waals surface area contributed by atoms with E-state index in [1.165, 1.54) is 6.07 Å². The number of nitrogens with zero attached hydrogens (tertiary/aromatic N) is 1. The molecule has 0 saturated carbocycles. The van der Waals surface area contributed by atoms with Crippen LogP contribution >= 0.6 is 0 Å². The molecule has 0 unspecified atom stereocenters. The lowest BCUT2D eigenvalue weighted by Gasteiger charge is -2.20. The molecule has 5 heteroatoms. The van der Waals surface area contributed by atoms with Crippen molar-refractivity contribution in [1.82, 2.24) is 4.90 Å². The minimum absolute atomic E-state index is 0.0488. The number of hydrogen-bond acceptors (Lipinski definition) is 3. The Morgan fingerprint density at radius 1 is 1.11 bits per heavy atom. The maximum Gasteiger partial charge on any atom is 0.336 e. The molecule has 1 N–H and O–H groups in total. The van der Waals surface area contributed by atoms with Crippen molar-refractivity contribution in [2.75, 3.05) is 26.3 Å². The van der Waals surface area contributed by atoms with Crippen molar-refractivity contribution in [2.24, 2.45) is 0 Å². The van der Waals surface area contributed by atoms with E-state index in [1.807, 2.05) is 0 Å². The predicted octanol–water partition coefficient (Wildman–Crippen LogP) is 1.25. The van der Waals surface area contributed by atoms with Crippen molar-refractivity contribution in [3.63, 3.8) is 0 Å². The molecule has 0 radical (unpaired) electrons. The average Bonchev–Trinajstić information content (AvgIpc) is 2.66. The second-order valence-electron chi connectivity index (χ2n) is 4.11. The molecule has 0 aromatic heterocycles. The topological polar surface area (TPSA) is 66.8 Å². The Hall–Kier alpha value is -1.88. The second kappa shape index (κ2) is 5.64. The molecule has 1 fully saturated rings. The van der Waals surface area contributed by atoms with Crippen LogP contribution in [0.5, 0.6) is 0 Å². The molecular formula is C13H15NO4. The van der Waals surface area contributed by atoms with Crippen LogP contribution in [0.2, 0.25) is 0 Å². The van der Waals surface area contributed by atoms with Crippen molar-refractivity contribution in [3.05, 3.63) is 35.4 Å². The number of aromatic carboxylic acids is 1. The van der Waals surface area contributed by atoms with Gasteiger partial charge in [0, 0.05) is 19.7 Å². The van der Waals surface area contributed by atoms with Crippen LogP contribution in [0.1, 0.15) is 27.1 Å². The van der Waals surface area contributed by atoms with Gasteiger partial charge in [-0.15, -0.1) is 0 Å². The highest BCUT2D eigenvalue weighted by Crippen LogP contribution is 2.13. The Kier molecular flexibility index (Phi) is 3.94. The fourth-order valence-electron chi connectivity index (χ4n) is 1.98. The minimum atomic E-state index is -1.08. The van der Waals surface area contributed by atoms with Crippen molar-refractivity contribution >= 4 is 11.9 Å². The van der Waals surface area contributed by atoms with Crippen LogP contribution in [0, 0.1) is 0 Å². The zero-order chi connectivity index (χ0) is 13.0. The van der Waals surface area contributed by atoms with Crippen molar-refractivity contribution in [1.29, 1.82) is 0 Å². The fraction of sp³-hybridized carbons (Fsp3) is 0.385. The molecule has 0 bridgehead atoms. The van der Waals surface area contributed by atoms with Gasteiger partial charge >= 0.3 is 5.97 Å². The van der Waals surface area contributed by atoms with E-state index >= 15 is 0 Å². The quantitative estimate of drug-likeness (QED) is 0.856. The number of rotatable bonds is 2. The third kappa shape index (κ3) is 2.68. The van der Waals surface area contributed by atoms with E-state index < -0.39 is 5.97 Å². The number of ether oxygens (including phenoxy) is 1. The zero-order valence-corrected chi connectivity index (χ0v) is 9.96. The van der Waals surface area contributed by atoms with Gasteiger partial charge in [0.15, 0.2) is 0 Å². The molecule has 1 aromatic carbocycles. The van der Waals surface area contributed by atoms with E-state index in [0.29, 0.717) is 26.3 Å². The fourth-order valence-corrected chi connectivity index (χ4v) is 1.98. The maximum atomic E-state index is 12.3. The van der Waals surface area contributed by atoms with Gasteiger partial charge in [0.05, 0.1) is 17.7 Å². The summed E-state index contributed by atoms with van der Waals surface area (Å²) in [5, 5.41) is 9.07. The summed E-state index contributed by atoms with van der Waals surface area (Å²) in [6, 6.07) is 6.29. The third-order valence-corrected chi connectivity index (χ3v) is 2.90. The molecule has 96 valence electrons. The summed E-state index contributed by atoms with van der Waals surface area (Å²) in [7, 11) is 0. The van der Waals surface area contributed by atoms with Gasteiger partial charge in [0.25, 0.3) is 5.91 Å². The number of carbonyl (C=O) groups is 2. The summed E-state index contributed by atoms with van der Waals surface area (Å²) in [5.41, 5.74) is 0.291. The highest BCUT2D eigenvalue weighted by Gasteiger charge is 2.22. The van der Waals surface area contributed by atoms with Gasteiger partial charge in [-0.1, -0.05) is 12.1 Å². The van der Waals surface area contributed by atoms with Gasteiger partial charge < -0.3 is 14.7 Å². The summed E-state index contributed by atoms with van der Waals surface area (Å²) >= 11 is 0. The molecule has 0 spiro atoms. The van der Waals surface area contributed by atoms with E-state index in [2.05, 4.69) is 0 Å². The molecule has 0 aliphatic carbocycles. The minimum Gasteiger partial charge on any atom is -0.478 e. The monoisotopic (exact) mass is 249 g/mol. The Balaban J connectivity index is 2.24. The van der Waals surface area contributed by atoms with E-state index in [9.17, 15) is 9.59 Å². The first-order valence-corrected chi connectivity index (χ1v) is 5.89. The van der Waals surface area contributed by atoms with Crippen LogP contribution in [-0.4, -0.2) is 48.2 Å². The van der Waals surface area contributed by atoms with E-state index in [0.717, 1.165) is 6.42 Å². The van der Waals surface area contributed by atoms with Crippen molar-refractivity contribution in [3.8, 4) is 0 Å². The van der Waals surface area contributed by atoms with Gasteiger partial charge in [-0.05, 0) is 18.6 Å². The molecule has 1 aliphatic rings. The average molecular weight is 249 g/mol. The van der Waals surface area contributed by atoms with Gasteiger partial charge in [0.1, 0.15) is 0 Å². The van der Waals surface area contributed by atoms with Crippen molar-refractivity contribution < 1.29 is 19.4 Å². The van der Waals surface area contributed by atoms with Crippen LogP contribution in [0.25, 0.3) is 0 Å². The van der Waals surface area contributed by atoms with Gasteiger partial charge in [-0.3, -0.25) is 4.79 Å². The normalized spacial score (nSPS) is 16.1. The molecule has 18 heavy (non-hydrogen) atoms. The Bertz CT molecular complexity index is 450. The van der Waals surface area contributed by atoms with E-state index in [-0.39, 0.29) is 17.0 Å². The highest BCUT2D eigenvalue weighted by molar-refractivity contribution is 6.04. The summed E-state index contributed by atoms with van der Waals surface area (Å²) in [6.07, 6.45) is 0.779. The Morgan fingerprint density at radius 2 is 1.83 bits per heavy atom. The first-order chi connectivity index (χ1) is 8.70. The van der Waals surface area contributed by atoms with Gasteiger partial charge in [-0.2, -0.15) is 0 Å². The lowest BCUT2D eigenvalue weighted by Crippen LogP contribution is -2.34. The predicted molar refractivity (Wildman–Crippen MR) is 64.7 cm³/mol. The molecule has 5 nitrogen and oxygen atoms in total. The lowest BCUT2D eigenvalue weighted by molar-refractivity contribution is 0.0672. The maximum absolute atomic E-state index is 12.3. The smallest absolute Gasteiger partial charge is 0.336 e. The van der Waals surface area contributed by atoms with Crippen LogP contribution in [0.15, 0.2) is 24.3 Å². The Labute approximate surface area is 105 Å². The molecule has 1 aliphatic heterocycles. The van der Waals surface area contributed by atoms with E-state index in [4.69, 9.17) is 9.84 Å². The highest BCUT2D eigenvalue weighted by atomic mass is 16.5. The van der Waals surface area contributed by atoms with Gasteiger partial charge in [0.2, 0.25) is 0 Å². The second-order valence-corrected chi connectivity index (χ2v) is 4.11. The number of carbonyl (C=O) groups excluding carboxylic acids is 1. The summed E-state index contributed by atoms with van der Waals surface area (Å²) in [6.45, 7) is 2.25. The lowest BCUT2D eigenvalue weighted by atomic mass is 10.1. The summed E-state index contributed by atoms with van der Waals surface area (Å²) in [5.74, 6) is -1.32. The summed E-state index contributed by atoms with van der Waals surface area (Å²) in [4.78, 5) is 25.0. The first-order valence-electron chi connectivity index (χ1n) is 5.89. The number of hydrogen-bond donors (Lipinski definition) is 1. The molecule has 1 saturated heterocycles. The van der Waals surface area contributed by atoms with E-state index in [1.54, 1.807) is 23.1 Å². The molecule has 1 amide bonds. The first kappa shape index (κ1) is 12.6. The molecule has 2 rings (SSSR count). The zero-order valence-electron chi connectivity index (χ0n) is 9.96. The Morgan fingerprint density at radius 3 is 2.56 bits per heavy atom. The van der Waals surface area contributed by atoms with Crippen LogP contribution in [0.3, 0.4) is 0 Å². The largest absolute Gasteiger partial charge is 0.478 e. The number of carboxylic acids is 1. The molecule has 1 aromatic rings. The standard InChI is InChI=1S/C13H15NO4/c15-12(14-6-3-8-18-9-7-14)10-4-1-2-5-11(10)13(16)17/h1-2,4-5H,3,6-9H2,(H,16,17). The molecule has 0 atom stereocenters. The SMILES string of the molecule is O=C(O)c1ccccc1C(=O)N1CCCOCC1. The van der Waals surface area contributed by atoms with Gasteiger partial charge in [-0.25, -0.2) is 4.79 Å². The van der Waals surface area contributed by atoms with Crippen LogP contribution < -0.4 is 0 Å². The van der Waals surface area contributed by atoms with Crippen LogP contribution in [0.4, 0.5) is 0 Å². The molecular weight excluding hydrogens is 234 g/mol. The number of amides is 1. The number of carboxylic acid groups (broad SMARTS) is 1. The third-order valence-electron chi connectivity index (χ3n) is 2.90. The van der Waals surface area contributed by atoms with Crippen LogP contribution in [-0.2, 0) is 4.74 Å². The summed E-state index contributed by atoms with van der Waals surface area (Å²) < 4.78 is 5.28. The number of benzene rings is 1. The molecule has 1 heterocycles.